The Bertz CT molecular complexity index is 447. The number of rotatable bonds is 5. The van der Waals surface area contributed by atoms with Crippen molar-refractivity contribution < 1.29 is 22.3 Å². The predicted octanol–water partition coefficient (Wildman–Crippen LogP) is 3.94. The molecule has 2 rings (SSSR count). The van der Waals surface area contributed by atoms with Crippen LogP contribution in [0.2, 0.25) is 0 Å². The molecule has 19 heavy (non-hydrogen) atoms. The molecule has 0 saturated heterocycles. The van der Waals surface area contributed by atoms with Crippen LogP contribution in [-0.2, 0) is 6.54 Å². The van der Waals surface area contributed by atoms with Gasteiger partial charge in [-0.2, -0.15) is 8.78 Å². The van der Waals surface area contributed by atoms with Gasteiger partial charge in [-0.3, -0.25) is 0 Å². The smallest absolute Gasteiger partial charge is 0.387 e. The van der Waals surface area contributed by atoms with E-state index in [2.05, 4.69) is 26.0 Å². The van der Waals surface area contributed by atoms with E-state index in [1.54, 1.807) is 12.1 Å². The minimum Gasteiger partial charge on any atom is -0.434 e. The van der Waals surface area contributed by atoms with Gasteiger partial charge < -0.3 is 10.1 Å². The SMILES string of the molecule is FC(F)Oc1ccc(CNC2CC(F)(F)C2)cc1Br. The lowest BCUT2D eigenvalue weighted by Crippen LogP contribution is -2.48. The van der Waals surface area contributed by atoms with Crippen molar-refractivity contribution in [3.05, 3.63) is 28.2 Å². The van der Waals surface area contributed by atoms with Crippen molar-refractivity contribution in [2.75, 3.05) is 0 Å². The Hall–Kier alpha value is -0.820. The van der Waals surface area contributed by atoms with Crippen molar-refractivity contribution in [3.63, 3.8) is 0 Å². The highest BCUT2D eigenvalue weighted by Gasteiger charge is 2.44. The Morgan fingerprint density at radius 3 is 2.58 bits per heavy atom. The summed E-state index contributed by atoms with van der Waals surface area (Å²) in [5.74, 6) is -2.50. The van der Waals surface area contributed by atoms with Gasteiger partial charge in [-0.15, -0.1) is 0 Å². The Balaban J connectivity index is 1.86. The van der Waals surface area contributed by atoms with Gasteiger partial charge >= 0.3 is 6.61 Å². The molecule has 0 heterocycles. The van der Waals surface area contributed by atoms with Gasteiger partial charge in [-0.05, 0) is 33.6 Å². The molecule has 0 aromatic heterocycles. The Morgan fingerprint density at radius 1 is 1.37 bits per heavy atom. The van der Waals surface area contributed by atoms with Gasteiger partial charge in [0.05, 0.1) is 4.47 Å². The zero-order chi connectivity index (χ0) is 14.0. The molecule has 1 aromatic rings. The van der Waals surface area contributed by atoms with Crippen molar-refractivity contribution in [1.29, 1.82) is 0 Å². The van der Waals surface area contributed by atoms with Crippen molar-refractivity contribution in [2.45, 2.75) is 38.0 Å². The number of nitrogens with one attached hydrogen (secondary N) is 1. The highest BCUT2D eigenvalue weighted by Crippen LogP contribution is 2.37. The van der Waals surface area contributed by atoms with Gasteiger partial charge in [0.1, 0.15) is 5.75 Å². The average molecular weight is 342 g/mol. The number of benzene rings is 1. The first-order valence-electron chi connectivity index (χ1n) is 5.70. The second kappa shape index (κ2) is 5.66. The number of ether oxygens (including phenoxy) is 1. The van der Waals surface area contributed by atoms with Gasteiger partial charge in [0.2, 0.25) is 0 Å². The molecule has 1 fully saturated rings. The van der Waals surface area contributed by atoms with Crippen LogP contribution in [0.3, 0.4) is 0 Å². The van der Waals surface area contributed by atoms with Crippen molar-refractivity contribution in [2.24, 2.45) is 0 Å². The third kappa shape index (κ3) is 4.07. The van der Waals surface area contributed by atoms with E-state index in [1.807, 2.05) is 0 Å². The van der Waals surface area contributed by atoms with Crippen molar-refractivity contribution in [3.8, 4) is 5.75 Å². The third-order valence-electron chi connectivity index (χ3n) is 2.90. The molecule has 1 saturated carbocycles. The molecular weight excluding hydrogens is 330 g/mol. The van der Waals surface area contributed by atoms with Gasteiger partial charge in [0, 0.05) is 25.4 Å². The second-order valence-corrected chi connectivity index (χ2v) is 5.34. The summed E-state index contributed by atoms with van der Waals surface area (Å²) in [4.78, 5) is 0. The lowest BCUT2D eigenvalue weighted by atomic mass is 9.88. The van der Waals surface area contributed by atoms with Gasteiger partial charge in [0.25, 0.3) is 5.92 Å². The zero-order valence-electron chi connectivity index (χ0n) is 9.81. The molecule has 1 N–H and O–H groups in total. The number of hydrogen-bond donors (Lipinski definition) is 1. The molecule has 7 heteroatoms. The summed E-state index contributed by atoms with van der Waals surface area (Å²) in [6.07, 6.45) is -0.304. The van der Waals surface area contributed by atoms with E-state index in [4.69, 9.17) is 0 Å². The molecule has 0 amide bonds. The fraction of sp³-hybridized carbons (Fsp3) is 0.500. The maximum atomic E-state index is 12.6. The molecule has 2 nitrogen and oxygen atoms in total. The Labute approximate surface area is 116 Å². The number of alkyl halides is 4. The van der Waals surface area contributed by atoms with Crippen molar-refractivity contribution in [1.82, 2.24) is 5.32 Å². The first-order chi connectivity index (χ1) is 8.85. The lowest BCUT2D eigenvalue weighted by Gasteiger charge is -2.35. The second-order valence-electron chi connectivity index (χ2n) is 4.49. The molecule has 1 aliphatic rings. The fourth-order valence-electron chi connectivity index (χ4n) is 1.91. The monoisotopic (exact) mass is 341 g/mol. The van der Waals surface area contributed by atoms with Crippen LogP contribution in [-0.4, -0.2) is 18.6 Å². The summed E-state index contributed by atoms with van der Waals surface area (Å²) in [6, 6.07) is 4.47. The van der Waals surface area contributed by atoms with Crippen LogP contribution >= 0.6 is 15.9 Å². The quantitative estimate of drug-likeness (QED) is 0.819. The maximum Gasteiger partial charge on any atom is 0.387 e. The first kappa shape index (κ1) is 14.6. The zero-order valence-corrected chi connectivity index (χ0v) is 11.4. The van der Waals surface area contributed by atoms with Crippen LogP contribution in [0.25, 0.3) is 0 Å². The van der Waals surface area contributed by atoms with E-state index in [9.17, 15) is 17.6 Å². The average Bonchev–Trinajstić information content (AvgIpc) is 2.26. The standard InChI is InChI=1S/C12H12BrF4NO/c13-9-3-7(1-2-10(9)19-11(14)15)6-18-8-4-12(16,17)5-8/h1-3,8,11,18H,4-6H2. The van der Waals surface area contributed by atoms with Gasteiger partial charge in [0.15, 0.2) is 0 Å². The molecule has 0 aliphatic heterocycles. The topological polar surface area (TPSA) is 21.3 Å². The predicted molar refractivity (Wildman–Crippen MR) is 65.6 cm³/mol. The van der Waals surface area contributed by atoms with Gasteiger partial charge in [-0.1, -0.05) is 6.07 Å². The van der Waals surface area contributed by atoms with E-state index in [-0.39, 0.29) is 24.6 Å². The highest BCUT2D eigenvalue weighted by atomic mass is 79.9. The summed E-state index contributed by atoms with van der Waals surface area (Å²) in [7, 11) is 0. The van der Waals surface area contributed by atoms with E-state index >= 15 is 0 Å². The van der Waals surface area contributed by atoms with Gasteiger partial charge in [-0.25, -0.2) is 8.78 Å². The highest BCUT2D eigenvalue weighted by molar-refractivity contribution is 9.10. The summed E-state index contributed by atoms with van der Waals surface area (Å²) in [5, 5.41) is 2.99. The largest absolute Gasteiger partial charge is 0.434 e. The normalized spacial score (nSPS) is 18.4. The van der Waals surface area contributed by atoms with Crippen LogP contribution in [0.5, 0.6) is 5.75 Å². The van der Waals surface area contributed by atoms with Crippen LogP contribution in [0, 0.1) is 0 Å². The molecular formula is C12H12BrF4NO. The third-order valence-corrected chi connectivity index (χ3v) is 3.52. The van der Waals surface area contributed by atoms with E-state index in [0.29, 0.717) is 11.0 Å². The molecule has 106 valence electrons. The minimum atomic E-state index is -2.88. The fourth-order valence-corrected chi connectivity index (χ4v) is 2.43. The van der Waals surface area contributed by atoms with E-state index < -0.39 is 12.5 Å². The lowest BCUT2D eigenvalue weighted by molar-refractivity contribution is -0.0930. The van der Waals surface area contributed by atoms with Crippen LogP contribution < -0.4 is 10.1 Å². The molecule has 0 atom stereocenters. The number of hydrogen-bond acceptors (Lipinski definition) is 2. The molecule has 1 aliphatic carbocycles. The summed E-state index contributed by atoms with van der Waals surface area (Å²) in [5.41, 5.74) is 0.809. The van der Waals surface area contributed by atoms with Crippen molar-refractivity contribution >= 4 is 15.9 Å². The maximum absolute atomic E-state index is 12.6. The van der Waals surface area contributed by atoms with E-state index in [1.165, 1.54) is 6.07 Å². The summed E-state index contributed by atoms with van der Waals surface area (Å²) in [6.45, 7) is -2.47. The first-order valence-corrected chi connectivity index (χ1v) is 6.49. The minimum absolute atomic E-state index is 0.0499. The van der Waals surface area contributed by atoms with E-state index in [0.717, 1.165) is 5.56 Å². The Morgan fingerprint density at radius 2 is 2.05 bits per heavy atom. The molecule has 1 aromatic carbocycles. The summed E-state index contributed by atoms with van der Waals surface area (Å²) >= 11 is 3.13. The Kier molecular flexibility index (Phi) is 4.35. The molecule has 0 spiro atoms. The molecule has 0 bridgehead atoms. The number of halogens is 5. The molecule has 0 radical (unpaired) electrons. The summed E-state index contributed by atoms with van der Waals surface area (Å²) < 4.78 is 54.0. The van der Waals surface area contributed by atoms with Crippen LogP contribution in [0.4, 0.5) is 17.6 Å². The van der Waals surface area contributed by atoms with Crippen LogP contribution in [0.15, 0.2) is 22.7 Å². The van der Waals surface area contributed by atoms with Crippen LogP contribution in [0.1, 0.15) is 18.4 Å². The molecule has 0 unspecified atom stereocenters.